The molecular formula is C13H23NO3. The Balaban J connectivity index is 2.66. The largest absolute Gasteiger partial charge is 0.444 e. The Morgan fingerprint density at radius 3 is 2.29 bits per heavy atom. The molecule has 1 saturated carbocycles. The van der Waals surface area contributed by atoms with Gasteiger partial charge in [0.2, 0.25) is 0 Å². The Bertz CT molecular complexity index is 306. The van der Waals surface area contributed by atoms with Crippen LogP contribution < -0.4 is 0 Å². The second kappa shape index (κ2) is 5.07. The Morgan fingerprint density at radius 2 is 1.82 bits per heavy atom. The normalized spacial score (nSPS) is 24.5. The first-order valence-corrected chi connectivity index (χ1v) is 6.18. The van der Waals surface area contributed by atoms with E-state index in [2.05, 4.69) is 0 Å². The third kappa shape index (κ3) is 3.72. The summed E-state index contributed by atoms with van der Waals surface area (Å²) in [5.41, 5.74) is -0.490. The predicted octanol–water partition coefficient (Wildman–Crippen LogP) is 2.61. The molecule has 0 unspecified atom stereocenters. The second-order valence-corrected chi connectivity index (χ2v) is 5.81. The van der Waals surface area contributed by atoms with E-state index in [1.807, 2.05) is 20.8 Å². The summed E-state index contributed by atoms with van der Waals surface area (Å²) in [6.07, 6.45) is 2.44. The first-order chi connectivity index (χ1) is 7.72. The first kappa shape index (κ1) is 14.0. The Kier molecular flexibility index (Phi) is 4.17. The highest BCUT2D eigenvalue weighted by Gasteiger charge is 2.36. The van der Waals surface area contributed by atoms with Gasteiger partial charge in [0.15, 0.2) is 0 Å². The summed E-state index contributed by atoms with van der Waals surface area (Å²) in [5.74, 6) is 0.149. The summed E-state index contributed by atoms with van der Waals surface area (Å²) >= 11 is 0. The lowest BCUT2D eigenvalue weighted by atomic mass is 9.98. The molecule has 1 amide bonds. The van der Waals surface area contributed by atoms with Crippen molar-refractivity contribution in [2.24, 2.45) is 5.92 Å². The SMILES string of the molecule is CC(=O)[C@@H]1CCC[C@H]1N(C)C(=O)OC(C)(C)C. The van der Waals surface area contributed by atoms with E-state index in [0.717, 1.165) is 19.3 Å². The lowest BCUT2D eigenvalue weighted by molar-refractivity contribution is -0.121. The average molecular weight is 241 g/mol. The van der Waals surface area contributed by atoms with Crippen LogP contribution in [0.1, 0.15) is 47.0 Å². The second-order valence-electron chi connectivity index (χ2n) is 5.81. The van der Waals surface area contributed by atoms with Gasteiger partial charge in [-0.15, -0.1) is 0 Å². The zero-order valence-electron chi connectivity index (χ0n) is 11.4. The van der Waals surface area contributed by atoms with E-state index >= 15 is 0 Å². The lowest BCUT2D eigenvalue weighted by Crippen LogP contribution is -2.43. The molecule has 98 valence electrons. The molecule has 1 aliphatic carbocycles. The van der Waals surface area contributed by atoms with Crippen molar-refractivity contribution in [3.8, 4) is 0 Å². The minimum absolute atomic E-state index is 0.00218. The Labute approximate surface area is 103 Å². The van der Waals surface area contributed by atoms with Crippen molar-refractivity contribution < 1.29 is 14.3 Å². The van der Waals surface area contributed by atoms with Gasteiger partial charge in [0.1, 0.15) is 11.4 Å². The molecule has 0 bridgehead atoms. The highest BCUT2D eigenvalue weighted by atomic mass is 16.6. The van der Waals surface area contributed by atoms with Crippen molar-refractivity contribution in [3.63, 3.8) is 0 Å². The first-order valence-electron chi connectivity index (χ1n) is 6.18. The van der Waals surface area contributed by atoms with E-state index in [1.54, 1.807) is 18.9 Å². The molecule has 0 aromatic heterocycles. The number of carbonyl (C=O) groups excluding carboxylic acids is 2. The van der Waals surface area contributed by atoms with Crippen LogP contribution in [0, 0.1) is 5.92 Å². The van der Waals surface area contributed by atoms with Gasteiger partial charge in [0.25, 0.3) is 0 Å². The summed E-state index contributed by atoms with van der Waals surface area (Å²) in [5, 5.41) is 0. The van der Waals surface area contributed by atoms with Gasteiger partial charge >= 0.3 is 6.09 Å². The molecule has 2 atom stereocenters. The highest BCUT2D eigenvalue weighted by molar-refractivity contribution is 5.80. The smallest absolute Gasteiger partial charge is 0.410 e. The average Bonchev–Trinajstić information content (AvgIpc) is 2.61. The minimum atomic E-state index is -0.490. The van der Waals surface area contributed by atoms with Crippen LogP contribution in [-0.2, 0) is 9.53 Å². The predicted molar refractivity (Wildman–Crippen MR) is 65.8 cm³/mol. The fourth-order valence-electron chi connectivity index (χ4n) is 2.35. The number of hydrogen-bond donors (Lipinski definition) is 0. The van der Waals surface area contributed by atoms with E-state index in [0.29, 0.717) is 0 Å². The molecule has 0 aliphatic heterocycles. The number of hydrogen-bond acceptors (Lipinski definition) is 3. The summed E-state index contributed by atoms with van der Waals surface area (Å²) in [4.78, 5) is 25.0. The van der Waals surface area contributed by atoms with Crippen molar-refractivity contribution in [1.82, 2.24) is 4.90 Å². The maximum atomic E-state index is 11.9. The van der Waals surface area contributed by atoms with Crippen molar-refractivity contribution in [2.45, 2.75) is 58.6 Å². The van der Waals surface area contributed by atoms with Crippen LogP contribution >= 0.6 is 0 Å². The monoisotopic (exact) mass is 241 g/mol. The Morgan fingerprint density at radius 1 is 1.24 bits per heavy atom. The Hall–Kier alpha value is -1.06. The van der Waals surface area contributed by atoms with Gasteiger partial charge in [-0.3, -0.25) is 4.79 Å². The molecule has 17 heavy (non-hydrogen) atoms. The number of carbonyl (C=O) groups is 2. The molecule has 0 N–H and O–H groups in total. The number of ketones is 1. The fraction of sp³-hybridized carbons (Fsp3) is 0.846. The van der Waals surface area contributed by atoms with Crippen LogP contribution in [0.25, 0.3) is 0 Å². The number of nitrogens with zero attached hydrogens (tertiary/aromatic N) is 1. The number of rotatable bonds is 2. The topological polar surface area (TPSA) is 46.6 Å². The zero-order valence-corrected chi connectivity index (χ0v) is 11.4. The van der Waals surface area contributed by atoms with E-state index in [1.165, 1.54) is 0 Å². The van der Waals surface area contributed by atoms with Crippen LogP contribution in [0.5, 0.6) is 0 Å². The van der Waals surface area contributed by atoms with Gasteiger partial charge in [0, 0.05) is 19.0 Å². The highest BCUT2D eigenvalue weighted by Crippen LogP contribution is 2.30. The van der Waals surface area contributed by atoms with Gasteiger partial charge in [-0.1, -0.05) is 6.42 Å². The van der Waals surface area contributed by atoms with Gasteiger partial charge in [-0.05, 0) is 40.5 Å². The van der Waals surface area contributed by atoms with E-state index < -0.39 is 5.60 Å². The number of Topliss-reactive ketones (excluding diaryl/α,β-unsaturated/α-hetero) is 1. The van der Waals surface area contributed by atoms with Crippen LogP contribution in [-0.4, -0.2) is 35.5 Å². The summed E-state index contributed by atoms with van der Waals surface area (Å²) in [6.45, 7) is 7.13. The molecule has 4 nitrogen and oxygen atoms in total. The maximum absolute atomic E-state index is 11.9. The summed E-state index contributed by atoms with van der Waals surface area (Å²) in [7, 11) is 1.72. The van der Waals surface area contributed by atoms with Crippen LogP contribution in [0.15, 0.2) is 0 Å². The quantitative estimate of drug-likeness (QED) is 0.746. The molecule has 0 aromatic rings. The molecule has 0 aromatic carbocycles. The molecule has 0 heterocycles. The minimum Gasteiger partial charge on any atom is -0.444 e. The third-order valence-electron chi connectivity index (χ3n) is 3.18. The standard InChI is InChI=1S/C13H23NO3/c1-9(15)10-7-6-8-11(10)14(5)12(16)17-13(2,3)4/h10-11H,6-8H2,1-5H3/t10-,11+/m0/s1. The third-order valence-corrected chi connectivity index (χ3v) is 3.18. The fourth-order valence-corrected chi connectivity index (χ4v) is 2.35. The van der Waals surface area contributed by atoms with E-state index in [9.17, 15) is 9.59 Å². The molecular weight excluding hydrogens is 218 g/mol. The molecule has 1 rings (SSSR count). The van der Waals surface area contributed by atoms with Crippen LogP contribution in [0.2, 0.25) is 0 Å². The molecule has 4 heteroatoms. The van der Waals surface area contributed by atoms with E-state index in [-0.39, 0.29) is 23.8 Å². The van der Waals surface area contributed by atoms with Gasteiger partial charge in [-0.2, -0.15) is 0 Å². The van der Waals surface area contributed by atoms with Gasteiger partial charge in [-0.25, -0.2) is 4.79 Å². The molecule has 0 spiro atoms. The summed E-state index contributed by atoms with van der Waals surface area (Å²) in [6, 6.07) is 0.00218. The van der Waals surface area contributed by atoms with Gasteiger partial charge in [0.05, 0.1) is 0 Å². The van der Waals surface area contributed by atoms with Crippen molar-refractivity contribution in [2.75, 3.05) is 7.05 Å². The summed E-state index contributed by atoms with van der Waals surface area (Å²) < 4.78 is 5.32. The molecule has 0 saturated heterocycles. The van der Waals surface area contributed by atoms with Crippen LogP contribution in [0.4, 0.5) is 4.79 Å². The number of amides is 1. The zero-order chi connectivity index (χ0) is 13.2. The molecule has 1 fully saturated rings. The van der Waals surface area contributed by atoms with Crippen molar-refractivity contribution in [1.29, 1.82) is 0 Å². The molecule has 1 aliphatic rings. The maximum Gasteiger partial charge on any atom is 0.410 e. The van der Waals surface area contributed by atoms with Crippen molar-refractivity contribution >= 4 is 11.9 Å². The van der Waals surface area contributed by atoms with Crippen LogP contribution in [0.3, 0.4) is 0 Å². The van der Waals surface area contributed by atoms with Gasteiger partial charge < -0.3 is 9.64 Å². The molecule has 0 radical (unpaired) electrons. The number of ether oxygens (including phenoxy) is 1. The van der Waals surface area contributed by atoms with Crippen molar-refractivity contribution in [3.05, 3.63) is 0 Å². The van der Waals surface area contributed by atoms with E-state index in [4.69, 9.17) is 4.74 Å². The lowest BCUT2D eigenvalue weighted by Gasteiger charge is -2.31.